The second-order valence-corrected chi connectivity index (χ2v) is 6.39. The Labute approximate surface area is 103 Å². The van der Waals surface area contributed by atoms with E-state index in [1.807, 2.05) is 6.92 Å². The van der Waals surface area contributed by atoms with Crippen molar-refractivity contribution in [1.82, 2.24) is 4.98 Å². The van der Waals surface area contributed by atoms with Crippen molar-refractivity contribution in [3.05, 3.63) is 11.1 Å². The fraction of sp³-hybridized carbons (Fsp3) is 0.600. The third kappa shape index (κ3) is 2.89. The van der Waals surface area contributed by atoms with Gasteiger partial charge >= 0.3 is 0 Å². The standard InChI is InChI=1S/C10H15N3OS2/c1-7-5-15-9(12-7)16-6-10(2-3-10)4-8(11)13-14/h5,14H,2-4,6H2,1H3,(H2,11,13). The van der Waals surface area contributed by atoms with E-state index >= 15 is 0 Å². The summed E-state index contributed by atoms with van der Waals surface area (Å²) in [5, 5.41) is 13.7. The number of nitrogens with zero attached hydrogens (tertiary/aromatic N) is 2. The van der Waals surface area contributed by atoms with Crippen LogP contribution >= 0.6 is 23.1 Å². The van der Waals surface area contributed by atoms with Gasteiger partial charge in [0.15, 0.2) is 0 Å². The van der Waals surface area contributed by atoms with Crippen molar-refractivity contribution in [2.45, 2.75) is 30.5 Å². The van der Waals surface area contributed by atoms with Crippen LogP contribution in [0.4, 0.5) is 0 Å². The maximum absolute atomic E-state index is 8.56. The van der Waals surface area contributed by atoms with E-state index in [-0.39, 0.29) is 5.41 Å². The summed E-state index contributed by atoms with van der Waals surface area (Å²) in [5.41, 5.74) is 6.88. The average Bonchev–Trinajstić information content (AvgIpc) is 2.90. The molecule has 3 N–H and O–H groups in total. The Morgan fingerprint density at radius 3 is 3.00 bits per heavy atom. The number of aromatic nitrogens is 1. The van der Waals surface area contributed by atoms with Crippen molar-refractivity contribution in [2.24, 2.45) is 16.3 Å². The first kappa shape index (κ1) is 11.7. The molecule has 0 saturated heterocycles. The van der Waals surface area contributed by atoms with Crippen LogP contribution in [-0.4, -0.2) is 21.8 Å². The van der Waals surface area contributed by atoms with Crippen LogP contribution in [0.5, 0.6) is 0 Å². The van der Waals surface area contributed by atoms with Gasteiger partial charge in [-0.3, -0.25) is 0 Å². The Kier molecular flexibility index (Phi) is 3.39. The van der Waals surface area contributed by atoms with Crippen LogP contribution < -0.4 is 5.73 Å². The summed E-state index contributed by atoms with van der Waals surface area (Å²) in [6.07, 6.45) is 3.03. The van der Waals surface area contributed by atoms with E-state index in [0.29, 0.717) is 12.3 Å². The summed E-state index contributed by atoms with van der Waals surface area (Å²) < 4.78 is 1.11. The number of nitrogens with two attached hydrogens (primary N) is 1. The lowest BCUT2D eigenvalue weighted by molar-refractivity contribution is 0.315. The molecule has 1 aliphatic carbocycles. The molecule has 0 bridgehead atoms. The summed E-state index contributed by atoms with van der Waals surface area (Å²) in [6.45, 7) is 2.00. The first-order chi connectivity index (χ1) is 7.63. The van der Waals surface area contributed by atoms with Gasteiger partial charge in [-0.05, 0) is 25.2 Å². The van der Waals surface area contributed by atoms with Gasteiger partial charge in [0, 0.05) is 23.2 Å². The molecule has 88 valence electrons. The Morgan fingerprint density at radius 1 is 1.75 bits per heavy atom. The molecular formula is C10H15N3OS2. The predicted molar refractivity (Wildman–Crippen MR) is 67.3 cm³/mol. The van der Waals surface area contributed by atoms with Gasteiger partial charge in [0.1, 0.15) is 10.2 Å². The second kappa shape index (κ2) is 4.63. The molecule has 0 aliphatic heterocycles. The topological polar surface area (TPSA) is 71.5 Å². The first-order valence-corrected chi connectivity index (χ1v) is 7.01. The molecule has 6 heteroatoms. The summed E-state index contributed by atoms with van der Waals surface area (Å²) in [6, 6.07) is 0. The lowest BCUT2D eigenvalue weighted by Crippen LogP contribution is -2.19. The molecule has 0 spiro atoms. The van der Waals surface area contributed by atoms with Crippen LogP contribution in [0.15, 0.2) is 14.9 Å². The Hall–Kier alpha value is -0.750. The van der Waals surface area contributed by atoms with Crippen LogP contribution in [-0.2, 0) is 0 Å². The second-order valence-electron chi connectivity index (χ2n) is 4.31. The summed E-state index contributed by atoms with van der Waals surface area (Å²) in [7, 11) is 0. The van der Waals surface area contributed by atoms with Gasteiger partial charge in [-0.25, -0.2) is 4.98 Å². The first-order valence-electron chi connectivity index (χ1n) is 5.15. The number of amidine groups is 1. The number of oxime groups is 1. The molecule has 0 radical (unpaired) electrons. The maximum Gasteiger partial charge on any atom is 0.150 e. The monoisotopic (exact) mass is 257 g/mol. The Morgan fingerprint density at radius 2 is 2.50 bits per heavy atom. The van der Waals surface area contributed by atoms with Crippen molar-refractivity contribution in [3.8, 4) is 0 Å². The minimum Gasteiger partial charge on any atom is -0.409 e. The average molecular weight is 257 g/mol. The van der Waals surface area contributed by atoms with E-state index in [4.69, 9.17) is 10.9 Å². The van der Waals surface area contributed by atoms with Gasteiger partial charge < -0.3 is 10.9 Å². The Bertz CT molecular complexity index is 399. The SMILES string of the molecule is Cc1csc(SCC2(CC(N)=NO)CC2)n1. The predicted octanol–water partition coefficient (Wildman–Crippen LogP) is 2.46. The largest absolute Gasteiger partial charge is 0.409 e. The number of hydrogen-bond acceptors (Lipinski definition) is 5. The summed E-state index contributed by atoms with van der Waals surface area (Å²) >= 11 is 3.46. The number of rotatable bonds is 5. The van der Waals surface area contributed by atoms with E-state index in [9.17, 15) is 0 Å². The number of thiazole rings is 1. The molecule has 2 rings (SSSR count). The molecule has 1 aromatic rings. The van der Waals surface area contributed by atoms with Gasteiger partial charge in [-0.1, -0.05) is 16.9 Å². The number of aryl methyl sites for hydroxylation is 1. The van der Waals surface area contributed by atoms with Crippen LogP contribution in [0.25, 0.3) is 0 Å². The molecule has 16 heavy (non-hydrogen) atoms. The van der Waals surface area contributed by atoms with Gasteiger partial charge in [0.25, 0.3) is 0 Å². The summed E-state index contributed by atoms with van der Waals surface area (Å²) in [4.78, 5) is 4.41. The quantitative estimate of drug-likeness (QED) is 0.279. The van der Waals surface area contributed by atoms with Crippen molar-refractivity contribution in [3.63, 3.8) is 0 Å². The minimum atomic E-state index is 0.251. The smallest absolute Gasteiger partial charge is 0.150 e. The number of hydrogen-bond donors (Lipinski definition) is 2. The van der Waals surface area contributed by atoms with E-state index in [1.165, 1.54) is 12.8 Å². The fourth-order valence-corrected chi connectivity index (χ4v) is 3.72. The molecule has 1 heterocycles. The maximum atomic E-state index is 8.56. The van der Waals surface area contributed by atoms with Crippen molar-refractivity contribution in [2.75, 3.05) is 5.75 Å². The molecule has 1 aromatic heterocycles. The van der Waals surface area contributed by atoms with Crippen LogP contribution in [0, 0.1) is 12.3 Å². The normalized spacial score (nSPS) is 18.7. The van der Waals surface area contributed by atoms with Gasteiger partial charge in [0.2, 0.25) is 0 Å². The van der Waals surface area contributed by atoms with Gasteiger partial charge in [0.05, 0.1) is 0 Å². The molecule has 0 amide bonds. The van der Waals surface area contributed by atoms with Crippen LogP contribution in [0.3, 0.4) is 0 Å². The molecule has 1 saturated carbocycles. The third-order valence-corrected chi connectivity index (χ3v) is 5.23. The zero-order valence-corrected chi connectivity index (χ0v) is 10.8. The van der Waals surface area contributed by atoms with E-state index in [0.717, 1.165) is 15.8 Å². The highest BCUT2D eigenvalue weighted by Crippen LogP contribution is 2.52. The fourth-order valence-electron chi connectivity index (χ4n) is 1.58. The molecule has 0 atom stereocenters. The lowest BCUT2D eigenvalue weighted by Gasteiger charge is -2.11. The highest BCUT2D eigenvalue weighted by atomic mass is 32.2. The lowest BCUT2D eigenvalue weighted by atomic mass is 10.1. The zero-order chi connectivity index (χ0) is 11.6. The summed E-state index contributed by atoms with van der Waals surface area (Å²) in [5.74, 6) is 1.35. The minimum absolute atomic E-state index is 0.251. The molecule has 0 aromatic carbocycles. The molecule has 0 unspecified atom stereocenters. The van der Waals surface area contributed by atoms with Crippen molar-refractivity contribution >= 4 is 28.9 Å². The Balaban J connectivity index is 1.86. The molecule has 4 nitrogen and oxygen atoms in total. The van der Waals surface area contributed by atoms with E-state index in [1.54, 1.807) is 23.1 Å². The highest BCUT2D eigenvalue weighted by Gasteiger charge is 2.43. The van der Waals surface area contributed by atoms with E-state index < -0.39 is 0 Å². The van der Waals surface area contributed by atoms with Gasteiger partial charge in [-0.2, -0.15) is 0 Å². The molecule has 1 fully saturated rings. The highest BCUT2D eigenvalue weighted by molar-refractivity contribution is 8.01. The van der Waals surface area contributed by atoms with E-state index in [2.05, 4.69) is 15.5 Å². The zero-order valence-electron chi connectivity index (χ0n) is 9.14. The third-order valence-electron chi connectivity index (χ3n) is 2.74. The van der Waals surface area contributed by atoms with Crippen LogP contribution in [0.2, 0.25) is 0 Å². The van der Waals surface area contributed by atoms with Crippen molar-refractivity contribution < 1.29 is 5.21 Å². The molecular weight excluding hydrogens is 242 g/mol. The molecule has 1 aliphatic rings. The van der Waals surface area contributed by atoms with Gasteiger partial charge in [-0.15, -0.1) is 11.3 Å². The van der Waals surface area contributed by atoms with Crippen LogP contribution in [0.1, 0.15) is 25.0 Å². The number of thioether (sulfide) groups is 1. The van der Waals surface area contributed by atoms with Crippen molar-refractivity contribution in [1.29, 1.82) is 0 Å².